The van der Waals surface area contributed by atoms with E-state index >= 15 is 0 Å². The molecule has 0 aliphatic heterocycles. The fourth-order valence-corrected chi connectivity index (χ4v) is 1.46. The van der Waals surface area contributed by atoms with E-state index in [4.69, 9.17) is 0 Å². The van der Waals surface area contributed by atoms with Gasteiger partial charge in [-0.15, -0.1) is 0 Å². The van der Waals surface area contributed by atoms with Crippen molar-refractivity contribution in [2.24, 2.45) is 4.99 Å². The summed E-state index contributed by atoms with van der Waals surface area (Å²) in [5, 5.41) is 0. The van der Waals surface area contributed by atoms with Gasteiger partial charge >= 0.3 is 0 Å². The predicted octanol–water partition coefficient (Wildman–Crippen LogP) is 4.21. The Morgan fingerprint density at radius 1 is 0.867 bits per heavy atom. The lowest BCUT2D eigenvalue weighted by Gasteiger charge is -2.32. The van der Waals surface area contributed by atoms with Gasteiger partial charge < -0.3 is 4.90 Å². The van der Waals surface area contributed by atoms with E-state index in [-0.39, 0.29) is 0 Å². The second kappa shape index (κ2) is 13.5. The predicted molar refractivity (Wildman–Crippen MR) is 73.8 cm³/mol. The third kappa shape index (κ3) is 9.77. The van der Waals surface area contributed by atoms with Crippen LogP contribution in [0.4, 0.5) is 0 Å². The van der Waals surface area contributed by atoms with Gasteiger partial charge in [-0.25, -0.2) is 0 Å². The van der Waals surface area contributed by atoms with E-state index in [9.17, 15) is 0 Å². The Bertz CT molecular complexity index is 129. The second-order valence-corrected chi connectivity index (χ2v) is 3.37. The quantitative estimate of drug-likeness (QED) is 0.499. The Labute approximate surface area is 97.8 Å². The van der Waals surface area contributed by atoms with Gasteiger partial charge in [0.1, 0.15) is 0 Å². The van der Waals surface area contributed by atoms with Crippen LogP contribution in [0.5, 0.6) is 0 Å². The normalized spacial score (nSPS) is 10.3. The van der Waals surface area contributed by atoms with Gasteiger partial charge in [0.05, 0.1) is 5.84 Å². The van der Waals surface area contributed by atoms with Crippen molar-refractivity contribution >= 4 is 5.84 Å². The number of hydrogen-bond acceptors (Lipinski definition) is 1. The third-order valence-electron chi connectivity index (χ3n) is 1.81. The summed E-state index contributed by atoms with van der Waals surface area (Å²) in [6.45, 7) is 18.8. The summed E-state index contributed by atoms with van der Waals surface area (Å²) in [4.78, 5) is 6.48. The number of hydrogen-bond donors (Lipinski definition) is 0. The van der Waals surface area contributed by atoms with Gasteiger partial charge in [0.2, 0.25) is 0 Å². The fourth-order valence-electron chi connectivity index (χ4n) is 1.46. The van der Waals surface area contributed by atoms with E-state index in [1.807, 2.05) is 34.7 Å². The van der Waals surface area contributed by atoms with Crippen LogP contribution in [0.2, 0.25) is 0 Å². The number of nitrogens with zero attached hydrogens (tertiary/aromatic N) is 2. The molecule has 0 aliphatic rings. The molecular weight excluding hydrogens is 184 g/mol. The molecule has 0 spiro atoms. The minimum Gasteiger partial charge on any atom is -0.356 e. The molecule has 0 unspecified atom stereocenters. The highest BCUT2D eigenvalue weighted by Gasteiger charge is 2.13. The van der Waals surface area contributed by atoms with E-state index in [0.29, 0.717) is 12.1 Å². The number of rotatable bonds is 2. The summed E-state index contributed by atoms with van der Waals surface area (Å²) in [7, 11) is 1.84. The molecule has 0 aromatic heterocycles. The van der Waals surface area contributed by atoms with Crippen molar-refractivity contribution in [2.75, 3.05) is 7.05 Å². The van der Waals surface area contributed by atoms with Crippen LogP contribution in [0, 0.1) is 0 Å². The summed E-state index contributed by atoms with van der Waals surface area (Å²) < 4.78 is 0. The molecule has 0 fully saturated rings. The molecule has 94 valence electrons. The molecule has 2 nitrogen and oxygen atoms in total. The maximum Gasteiger partial charge on any atom is 0.0958 e. The fraction of sp³-hybridized carbons (Fsp3) is 0.923. The van der Waals surface area contributed by atoms with Crippen molar-refractivity contribution in [3.63, 3.8) is 0 Å². The summed E-state index contributed by atoms with van der Waals surface area (Å²) in [5.74, 6) is 1.12. The first kappa shape index (κ1) is 20.0. The molecule has 0 saturated heterocycles. The molecular formula is C13H32N2. The SMILES string of the molecule is CC.CC.CN=C(C)N(C(C)C)C(C)C. The highest BCUT2D eigenvalue weighted by atomic mass is 15.2. The standard InChI is InChI=1S/C9H20N2.2C2H6/c1-7(2)11(8(3)4)9(5)10-6;2*1-2/h7-8H,1-6H3;2*1-2H3. The zero-order valence-electron chi connectivity index (χ0n) is 12.5. The van der Waals surface area contributed by atoms with Crippen molar-refractivity contribution in [1.29, 1.82) is 0 Å². The Balaban J connectivity index is -0.000000318. The van der Waals surface area contributed by atoms with Crippen LogP contribution >= 0.6 is 0 Å². The van der Waals surface area contributed by atoms with Gasteiger partial charge in [0.15, 0.2) is 0 Å². The average molecular weight is 216 g/mol. The summed E-state index contributed by atoms with van der Waals surface area (Å²) in [6.07, 6.45) is 0. The molecule has 0 bridgehead atoms. The molecule has 0 saturated carbocycles. The lowest BCUT2D eigenvalue weighted by Crippen LogP contribution is -2.40. The van der Waals surface area contributed by atoms with E-state index in [2.05, 4.69) is 44.5 Å². The minimum absolute atomic E-state index is 0.540. The largest absolute Gasteiger partial charge is 0.356 e. The van der Waals surface area contributed by atoms with E-state index in [1.54, 1.807) is 0 Å². The summed E-state index contributed by atoms with van der Waals surface area (Å²) in [6, 6.07) is 1.08. The summed E-state index contributed by atoms with van der Waals surface area (Å²) in [5.41, 5.74) is 0. The highest BCUT2D eigenvalue weighted by molar-refractivity contribution is 5.80. The topological polar surface area (TPSA) is 15.6 Å². The zero-order chi connectivity index (χ0) is 13.0. The maximum atomic E-state index is 4.17. The van der Waals surface area contributed by atoms with Gasteiger partial charge in [-0.05, 0) is 34.6 Å². The van der Waals surface area contributed by atoms with Crippen molar-refractivity contribution in [3.05, 3.63) is 0 Å². The molecule has 15 heavy (non-hydrogen) atoms. The van der Waals surface area contributed by atoms with Crippen LogP contribution in [0.1, 0.15) is 62.3 Å². The molecule has 0 aromatic carbocycles. The zero-order valence-corrected chi connectivity index (χ0v) is 12.5. The highest BCUT2D eigenvalue weighted by Crippen LogP contribution is 2.05. The average Bonchev–Trinajstić information content (AvgIpc) is 2.22. The Morgan fingerprint density at radius 2 is 1.13 bits per heavy atom. The Kier molecular flexibility index (Phi) is 17.9. The van der Waals surface area contributed by atoms with Crippen LogP contribution in [0.25, 0.3) is 0 Å². The van der Waals surface area contributed by atoms with E-state index in [1.165, 1.54) is 0 Å². The van der Waals surface area contributed by atoms with Crippen molar-refractivity contribution in [2.45, 2.75) is 74.4 Å². The lowest BCUT2D eigenvalue weighted by atomic mass is 10.2. The van der Waals surface area contributed by atoms with Crippen LogP contribution in [-0.2, 0) is 0 Å². The minimum atomic E-state index is 0.540. The van der Waals surface area contributed by atoms with Gasteiger partial charge in [-0.1, -0.05) is 27.7 Å². The van der Waals surface area contributed by atoms with E-state index in [0.717, 1.165) is 5.84 Å². The third-order valence-corrected chi connectivity index (χ3v) is 1.81. The molecule has 0 radical (unpaired) electrons. The van der Waals surface area contributed by atoms with Crippen molar-refractivity contribution in [3.8, 4) is 0 Å². The molecule has 0 aromatic rings. The molecule has 0 N–H and O–H groups in total. The van der Waals surface area contributed by atoms with Gasteiger partial charge in [-0.2, -0.15) is 0 Å². The first-order valence-corrected chi connectivity index (χ1v) is 6.22. The van der Waals surface area contributed by atoms with Crippen molar-refractivity contribution in [1.82, 2.24) is 4.90 Å². The molecule has 2 heteroatoms. The van der Waals surface area contributed by atoms with Gasteiger partial charge in [-0.3, -0.25) is 4.99 Å². The van der Waals surface area contributed by atoms with E-state index < -0.39 is 0 Å². The molecule has 0 rings (SSSR count). The monoisotopic (exact) mass is 216 g/mol. The maximum absolute atomic E-state index is 4.17. The lowest BCUT2D eigenvalue weighted by molar-refractivity contribution is 0.290. The Morgan fingerprint density at radius 3 is 1.20 bits per heavy atom. The first-order chi connectivity index (χ1) is 7.00. The second-order valence-electron chi connectivity index (χ2n) is 3.37. The smallest absolute Gasteiger partial charge is 0.0958 e. The van der Waals surface area contributed by atoms with Crippen LogP contribution in [0.15, 0.2) is 4.99 Å². The van der Waals surface area contributed by atoms with Crippen molar-refractivity contribution < 1.29 is 0 Å². The van der Waals surface area contributed by atoms with Crippen LogP contribution < -0.4 is 0 Å². The molecule has 0 amide bonds. The van der Waals surface area contributed by atoms with Gasteiger partial charge in [0.25, 0.3) is 0 Å². The number of amidine groups is 1. The molecule has 0 atom stereocenters. The summed E-state index contributed by atoms with van der Waals surface area (Å²) >= 11 is 0. The molecule has 0 heterocycles. The molecule has 0 aliphatic carbocycles. The Hall–Kier alpha value is -0.530. The van der Waals surface area contributed by atoms with Crippen LogP contribution in [0.3, 0.4) is 0 Å². The first-order valence-electron chi connectivity index (χ1n) is 6.22. The number of aliphatic imine (C=N–C) groups is 1. The van der Waals surface area contributed by atoms with Gasteiger partial charge in [0, 0.05) is 19.1 Å². The van der Waals surface area contributed by atoms with Crippen LogP contribution in [-0.4, -0.2) is 29.9 Å².